The van der Waals surface area contributed by atoms with E-state index in [2.05, 4.69) is 39.0 Å². The van der Waals surface area contributed by atoms with E-state index >= 15 is 0 Å². The average molecular weight is 265 g/mol. The highest BCUT2D eigenvalue weighted by Crippen LogP contribution is 2.22. The molecule has 1 aliphatic rings. The molecule has 0 radical (unpaired) electrons. The summed E-state index contributed by atoms with van der Waals surface area (Å²) in [6, 6.07) is 0.412. The van der Waals surface area contributed by atoms with Crippen LogP contribution in [0.25, 0.3) is 0 Å². The second-order valence-electron chi connectivity index (χ2n) is 5.01. The number of hydrogen-bond acceptors (Lipinski definition) is 6. The Kier molecular flexibility index (Phi) is 4.76. The van der Waals surface area contributed by atoms with Gasteiger partial charge >= 0.3 is 6.01 Å². The van der Waals surface area contributed by atoms with E-state index in [4.69, 9.17) is 4.74 Å². The van der Waals surface area contributed by atoms with E-state index in [1.165, 1.54) is 12.8 Å². The summed E-state index contributed by atoms with van der Waals surface area (Å²) < 4.78 is 5.52. The van der Waals surface area contributed by atoms with Gasteiger partial charge in [0.05, 0.1) is 6.61 Å². The highest BCUT2D eigenvalue weighted by Gasteiger charge is 2.19. The average Bonchev–Trinajstić information content (AvgIpc) is 2.45. The molecule has 19 heavy (non-hydrogen) atoms. The maximum Gasteiger partial charge on any atom is 0.323 e. The minimum atomic E-state index is 0.412. The fourth-order valence-electron chi connectivity index (χ4n) is 2.07. The molecule has 0 saturated carbocycles. The minimum Gasteiger partial charge on any atom is -0.463 e. The number of anilines is 2. The smallest absolute Gasteiger partial charge is 0.323 e. The van der Waals surface area contributed by atoms with Crippen molar-refractivity contribution in [3.8, 4) is 6.01 Å². The van der Waals surface area contributed by atoms with E-state index in [1.807, 2.05) is 0 Å². The number of aromatic nitrogens is 3. The number of ether oxygens (including phenoxy) is 1. The van der Waals surface area contributed by atoms with Crippen LogP contribution in [0.4, 0.5) is 11.9 Å². The van der Waals surface area contributed by atoms with Crippen LogP contribution in [0.5, 0.6) is 6.01 Å². The second-order valence-corrected chi connectivity index (χ2v) is 5.01. The predicted molar refractivity (Wildman–Crippen MR) is 75.8 cm³/mol. The summed E-state index contributed by atoms with van der Waals surface area (Å²) in [7, 11) is 1.81. The Balaban J connectivity index is 2.14. The van der Waals surface area contributed by atoms with Crippen LogP contribution in [-0.4, -0.2) is 41.7 Å². The molecule has 0 unspecified atom stereocenters. The van der Waals surface area contributed by atoms with Gasteiger partial charge in [-0.1, -0.05) is 13.8 Å². The summed E-state index contributed by atoms with van der Waals surface area (Å²) in [4.78, 5) is 15.3. The van der Waals surface area contributed by atoms with E-state index < -0.39 is 0 Å². The van der Waals surface area contributed by atoms with E-state index in [0.29, 0.717) is 18.6 Å². The molecule has 6 nitrogen and oxygen atoms in total. The first-order valence-electron chi connectivity index (χ1n) is 7.04. The van der Waals surface area contributed by atoms with Crippen molar-refractivity contribution < 1.29 is 4.74 Å². The molecule has 1 fully saturated rings. The third-order valence-electron chi connectivity index (χ3n) is 3.33. The van der Waals surface area contributed by atoms with Gasteiger partial charge in [-0.15, -0.1) is 0 Å². The van der Waals surface area contributed by atoms with Crippen LogP contribution in [0.1, 0.15) is 33.1 Å². The molecule has 1 saturated heterocycles. The zero-order valence-electron chi connectivity index (χ0n) is 12.0. The highest BCUT2D eigenvalue weighted by atomic mass is 16.5. The third-order valence-corrected chi connectivity index (χ3v) is 3.33. The van der Waals surface area contributed by atoms with Crippen LogP contribution in [-0.2, 0) is 0 Å². The van der Waals surface area contributed by atoms with Crippen molar-refractivity contribution in [3.63, 3.8) is 0 Å². The van der Waals surface area contributed by atoms with E-state index in [0.717, 1.165) is 31.4 Å². The molecule has 0 bridgehead atoms. The van der Waals surface area contributed by atoms with Crippen molar-refractivity contribution in [2.24, 2.45) is 5.92 Å². The molecular weight excluding hydrogens is 242 g/mol. The van der Waals surface area contributed by atoms with E-state index in [-0.39, 0.29) is 0 Å². The van der Waals surface area contributed by atoms with Gasteiger partial charge in [0, 0.05) is 20.1 Å². The van der Waals surface area contributed by atoms with Gasteiger partial charge in [-0.25, -0.2) is 0 Å². The number of hydrogen-bond donors (Lipinski definition) is 1. The van der Waals surface area contributed by atoms with Crippen molar-refractivity contribution in [2.45, 2.75) is 33.1 Å². The van der Waals surface area contributed by atoms with Crippen LogP contribution in [0, 0.1) is 5.92 Å². The van der Waals surface area contributed by atoms with Gasteiger partial charge in [0.15, 0.2) is 0 Å². The van der Waals surface area contributed by atoms with Gasteiger partial charge in [-0.3, -0.25) is 0 Å². The predicted octanol–water partition coefficient (Wildman–Crippen LogP) is 1.94. The molecule has 0 atom stereocenters. The highest BCUT2D eigenvalue weighted by molar-refractivity contribution is 5.38. The first-order chi connectivity index (χ1) is 9.22. The molecule has 106 valence electrons. The van der Waals surface area contributed by atoms with Gasteiger partial charge < -0.3 is 15.0 Å². The normalized spacial score (nSPS) is 16.5. The summed E-state index contributed by atoms with van der Waals surface area (Å²) in [5.74, 6) is 2.07. The molecule has 1 aliphatic heterocycles. The largest absolute Gasteiger partial charge is 0.463 e. The summed E-state index contributed by atoms with van der Waals surface area (Å²) in [6.07, 6.45) is 3.31. The lowest BCUT2D eigenvalue weighted by Gasteiger charge is -2.30. The van der Waals surface area contributed by atoms with Crippen LogP contribution >= 0.6 is 0 Å². The van der Waals surface area contributed by atoms with Crippen molar-refractivity contribution in [3.05, 3.63) is 0 Å². The fourth-order valence-corrected chi connectivity index (χ4v) is 2.07. The molecule has 1 aromatic heterocycles. The monoisotopic (exact) mass is 265 g/mol. The minimum absolute atomic E-state index is 0.412. The van der Waals surface area contributed by atoms with Gasteiger partial charge in [-0.2, -0.15) is 15.0 Å². The van der Waals surface area contributed by atoms with Gasteiger partial charge in [-0.05, 0) is 25.2 Å². The van der Waals surface area contributed by atoms with Crippen molar-refractivity contribution >= 4 is 11.9 Å². The number of rotatable bonds is 5. The van der Waals surface area contributed by atoms with Crippen molar-refractivity contribution in [1.29, 1.82) is 0 Å². The lowest BCUT2D eigenvalue weighted by Crippen LogP contribution is -2.34. The fraction of sp³-hybridized carbons (Fsp3) is 0.769. The zero-order valence-corrected chi connectivity index (χ0v) is 12.0. The molecule has 6 heteroatoms. The van der Waals surface area contributed by atoms with Crippen LogP contribution in [0.3, 0.4) is 0 Å². The first kappa shape index (κ1) is 13.8. The Labute approximate surface area is 114 Å². The molecule has 1 N–H and O–H groups in total. The Morgan fingerprint density at radius 1 is 1.26 bits per heavy atom. The molecule has 0 spiro atoms. The Morgan fingerprint density at radius 2 is 2.00 bits per heavy atom. The summed E-state index contributed by atoms with van der Waals surface area (Å²) >= 11 is 0. The number of piperidine rings is 1. The van der Waals surface area contributed by atoms with Crippen molar-refractivity contribution in [2.75, 3.05) is 37.0 Å². The topological polar surface area (TPSA) is 63.2 Å². The quantitative estimate of drug-likeness (QED) is 0.877. The Bertz CT molecular complexity index is 404. The van der Waals surface area contributed by atoms with E-state index in [9.17, 15) is 0 Å². The zero-order chi connectivity index (χ0) is 13.7. The van der Waals surface area contributed by atoms with Gasteiger partial charge in [0.25, 0.3) is 0 Å². The molecular formula is C13H23N5O. The van der Waals surface area contributed by atoms with Crippen molar-refractivity contribution in [1.82, 2.24) is 15.0 Å². The lowest BCUT2D eigenvalue weighted by molar-refractivity contribution is 0.291. The summed E-state index contributed by atoms with van der Waals surface area (Å²) in [5.41, 5.74) is 0. The molecule has 0 amide bonds. The maximum absolute atomic E-state index is 5.52. The second kappa shape index (κ2) is 6.54. The van der Waals surface area contributed by atoms with Crippen LogP contribution in [0.15, 0.2) is 0 Å². The van der Waals surface area contributed by atoms with Crippen LogP contribution in [0.2, 0.25) is 0 Å². The standard InChI is InChI=1S/C13H23N5O/c1-4-9-19-13-16-11(14-3)15-12(17-13)18-7-5-10(2)6-8-18/h10H,4-9H2,1-3H3,(H,14,15,16,17). The Hall–Kier alpha value is -1.59. The molecule has 2 rings (SSSR count). The number of nitrogens with one attached hydrogen (secondary N) is 1. The molecule has 0 aliphatic carbocycles. The summed E-state index contributed by atoms with van der Waals surface area (Å²) in [5, 5.41) is 2.96. The van der Waals surface area contributed by atoms with Gasteiger partial charge in [0.2, 0.25) is 11.9 Å². The SMILES string of the molecule is CCCOc1nc(NC)nc(N2CCC(C)CC2)n1. The lowest BCUT2D eigenvalue weighted by atomic mass is 10.00. The molecule has 1 aromatic rings. The number of nitrogens with zero attached hydrogens (tertiary/aromatic N) is 4. The molecule has 2 heterocycles. The Morgan fingerprint density at radius 3 is 2.63 bits per heavy atom. The van der Waals surface area contributed by atoms with Crippen LogP contribution < -0.4 is 15.0 Å². The van der Waals surface area contributed by atoms with Gasteiger partial charge in [0.1, 0.15) is 0 Å². The molecule has 0 aromatic carbocycles. The maximum atomic E-state index is 5.52. The summed E-state index contributed by atoms with van der Waals surface area (Å²) in [6.45, 7) is 6.99. The first-order valence-corrected chi connectivity index (χ1v) is 7.04. The van der Waals surface area contributed by atoms with E-state index in [1.54, 1.807) is 7.05 Å². The third kappa shape index (κ3) is 3.68.